The van der Waals surface area contributed by atoms with E-state index in [-0.39, 0.29) is 83.6 Å². The highest BCUT2D eigenvalue weighted by molar-refractivity contribution is 6.15. The van der Waals surface area contributed by atoms with Crippen molar-refractivity contribution in [3.05, 3.63) is 106 Å². The first-order valence-corrected chi connectivity index (χ1v) is 16.6. The van der Waals surface area contributed by atoms with Crippen LogP contribution in [0.4, 0.5) is 0 Å². The van der Waals surface area contributed by atoms with Crippen LogP contribution in [0.15, 0.2) is 66.7 Å². The van der Waals surface area contributed by atoms with Crippen LogP contribution in [0, 0.1) is 5.41 Å². The van der Waals surface area contributed by atoms with Gasteiger partial charge in [-0.3, -0.25) is 9.59 Å². The highest BCUT2D eigenvalue weighted by Crippen LogP contribution is 2.21. The molecule has 0 aliphatic carbocycles. The summed E-state index contributed by atoms with van der Waals surface area (Å²) in [5.41, 5.74) is -0.102. The highest BCUT2D eigenvalue weighted by Gasteiger charge is 2.30. The lowest BCUT2D eigenvalue weighted by Crippen LogP contribution is -2.20. The van der Waals surface area contributed by atoms with Crippen LogP contribution in [0.1, 0.15) is 112 Å². The van der Waals surface area contributed by atoms with E-state index in [1.54, 1.807) is 13.8 Å². The number of esters is 2. The van der Waals surface area contributed by atoms with Crippen molar-refractivity contribution >= 4 is 53.7 Å². The number of cyclic esters (lactones) is 2. The van der Waals surface area contributed by atoms with Gasteiger partial charge < -0.3 is 60.9 Å². The summed E-state index contributed by atoms with van der Waals surface area (Å²) in [4.78, 5) is 93.8. The Labute approximate surface area is 334 Å². The molecule has 0 atom stereocenters. The number of carboxylic acids is 7. The number of fused-ring (bicyclic) bond motifs is 1. The second kappa shape index (κ2) is 28.3. The van der Waals surface area contributed by atoms with Crippen molar-refractivity contribution in [2.24, 2.45) is 5.41 Å². The minimum Gasteiger partial charge on any atom is -0.481 e. The van der Waals surface area contributed by atoms with Crippen molar-refractivity contribution in [3.63, 3.8) is 0 Å². The summed E-state index contributed by atoms with van der Waals surface area (Å²) < 4.78 is 4.30. The van der Waals surface area contributed by atoms with Gasteiger partial charge in [0.25, 0.3) is 0 Å². The van der Waals surface area contributed by atoms with E-state index in [0.29, 0.717) is 12.8 Å². The normalized spacial score (nSPS) is 10.5. The van der Waals surface area contributed by atoms with Gasteiger partial charge in [0.05, 0.1) is 65.4 Å². The molecule has 0 amide bonds. The number of hydrogen-bond acceptors (Lipinski definition) is 14. The lowest BCUT2D eigenvalue weighted by Gasteiger charge is -2.16. The Morgan fingerprint density at radius 1 is 0.475 bits per heavy atom. The predicted molar refractivity (Wildman–Crippen MR) is 200 cm³/mol. The van der Waals surface area contributed by atoms with Gasteiger partial charge in [-0.25, -0.2) is 33.6 Å². The van der Waals surface area contributed by atoms with Crippen LogP contribution in [-0.2, 0) is 14.3 Å². The Bertz CT molecular complexity index is 1810. The first-order valence-electron chi connectivity index (χ1n) is 16.6. The van der Waals surface area contributed by atoms with Crippen molar-refractivity contribution in [3.8, 4) is 0 Å². The molecule has 1 heterocycles. The van der Waals surface area contributed by atoms with Crippen molar-refractivity contribution in [1.82, 2.24) is 0 Å². The summed E-state index contributed by atoms with van der Waals surface area (Å²) >= 11 is 0. The van der Waals surface area contributed by atoms with Crippen LogP contribution in [-0.4, -0.2) is 136 Å². The SMILES string of the molecule is CC(C)(CO)CO.O=C(O)CCCCC(=O)O.O=C(O)c1ccc(C(=O)O)cc1.O=C(O)c1ccc2c(c1)C(=O)OC2=O.O=C(O)c1cccc(C(=O)O)c1.OCCO. The fourth-order valence-corrected chi connectivity index (χ4v) is 3.36. The predicted octanol–water partition coefficient (Wildman–Crippen LogP) is 2.55. The monoisotopic (exact) mass is 836 g/mol. The second-order valence-corrected chi connectivity index (χ2v) is 12.0. The number of benzene rings is 3. The summed E-state index contributed by atoms with van der Waals surface area (Å²) in [7, 11) is 0. The Kier molecular flexibility index (Phi) is 26.0. The molecule has 59 heavy (non-hydrogen) atoms. The fourth-order valence-electron chi connectivity index (χ4n) is 3.36. The van der Waals surface area contributed by atoms with Crippen LogP contribution in [0.3, 0.4) is 0 Å². The number of aliphatic hydroxyl groups excluding tert-OH is 4. The molecule has 3 aromatic rings. The average molecular weight is 837 g/mol. The van der Waals surface area contributed by atoms with E-state index in [0.717, 1.165) is 12.1 Å². The van der Waals surface area contributed by atoms with Crippen molar-refractivity contribution in [1.29, 1.82) is 0 Å². The lowest BCUT2D eigenvalue weighted by molar-refractivity contribution is -0.139. The molecule has 21 nitrogen and oxygen atoms in total. The van der Waals surface area contributed by atoms with Gasteiger partial charge in [0.1, 0.15) is 0 Å². The molecule has 0 radical (unpaired) electrons. The number of carboxylic acid groups (broad SMARTS) is 7. The molecular weight excluding hydrogens is 792 g/mol. The van der Waals surface area contributed by atoms with Crippen molar-refractivity contribution < 1.29 is 104 Å². The van der Waals surface area contributed by atoms with E-state index < -0.39 is 53.7 Å². The van der Waals surface area contributed by atoms with E-state index >= 15 is 0 Å². The largest absolute Gasteiger partial charge is 0.481 e. The number of unbranched alkanes of at least 4 members (excludes halogenated alkanes) is 1. The molecule has 0 saturated carbocycles. The third kappa shape index (κ3) is 23.6. The third-order valence-electron chi connectivity index (χ3n) is 6.61. The number of aliphatic carboxylic acids is 2. The molecule has 0 spiro atoms. The number of carbonyl (C=O) groups is 9. The van der Waals surface area contributed by atoms with Gasteiger partial charge in [0, 0.05) is 18.3 Å². The zero-order chi connectivity index (χ0) is 45.9. The maximum atomic E-state index is 11.0. The van der Waals surface area contributed by atoms with E-state index in [2.05, 4.69) is 4.74 Å². The van der Waals surface area contributed by atoms with E-state index in [1.165, 1.54) is 54.6 Å². The van der Waals surface area contributed by atoms with Gasteiger partial charge in [-0.2, -0.15) is 0 Å². The average Bonchev–Trinajstić information content (AvgIpc) is 3.49. The van der Waals surface area contributed by atoms with Crippen LogP contribution >= 0.6 is 0 Å². The van der Waals surface area contributed by atoms with Gasteiger partial charge in [0.15, 0.2) is 0 Å². The van der Waals surface area contributed by atoms with Crippen LogP contribution < -0.4 is 0 Å². The fraction of sp³-hybridized carbons (Fsp3) is 0.289. The molecule has 0 unspecified atom stereocenters. The number of hydrogen-bond donors (Lipinski definition) is 11. The molecule has 1 aliphatic heterocycles. The molecule has 322 valence electrons. The highest BCUT2D eigenvalue weighted by atomic mass is 16.6. The van der Waals surface area contributed by atoms with Gasteiger partial charge >= 0.3 is 53.7 Å². The van der Waals surface area contributed by atoms with Gasteiger partial charge in [0.2, 0.25) is 0 Å². The molecule has 1 aliphatic rings. The molecule has 0 saturated heterocycles. The number of aliphatic hydroxyl groups is 4. The maximum absolute atomic E-state index is 11.0. The molecular formula is C38H44O21. The maximum Gasteiger partial charge on any atom is 0.346 e. The second-order valence-electron chi connectivity index (χ2n) is 12.0. The van der Waals surface area contributed by atoms with E-state index in [1.807, 2.05) is 0 Å². The van der Waals surface area contributed by atoms with Gasteiger partial charge in [-0.05, 0) is 73.5 Å². The molecule has 11 N–H and O–H groups in total. The molecule has 21 heteroatoms. The van der Waals surface area contributed by atoms with Gasteiger partial charge in [-0.15, -0.1) is 0 Å². The Morgan fingerprint density at radius 2 is 0.797 bits per heavy atom. The first kappa shape index (κ1) is 54.0. The van der Waals surface area contributed by atoms with Crippen LogP contribution in [0.25, 0.3) is 0 Å². The molecule has 4 rings (SSSR count). The zero-order valence-electron chi connectivity index (χ0n) is 31.5. The Hall–Kier alpha value is -7.07. The topological polar surface area (TPSA) is 385 Å². The standard InChI is InChI=1S/C9H4O5.2C8H6O4.C6H10O4.C5H12O2.C2H6O2/c10-7(11)4-1-2-5-6(3-4)9(13)14-8(5)12;9-7(10)5-1-2-6(4-3-5)8(11)12;9-7(10)5-2-1-3-6(4-5)8(11)12;7-5(8)3-1-2-4-6(9)10;1-5(2,3-6)4-7;3-1-2-4/h1-3H,(H,10,11);2*1-4H,(H,9,10)(H,11,12);1-4H2,(H,7,8)(H,9,10);6-7H,3-4H2,1-2H3;3-4H,1-2H2. The van der Waals surface area contributed by atoms with E-state index in [9.17, 15) is 43.2 Å². The van der Waals surface area contributed by atoms with Crippen LogP contribution in [0.5, 0.6) is 0 Å². The molecule has 0 bridgehead atoms. The van der Waals surface area contributed by atoms with Crippen molar-refractivity contribution in [2.45, 2.75) is 39.5 Å². The molecule has 0 fully saturated rings. The number of aromatic carboxylic acids is 5. The summed E-state index contributed by atoms with van der Waals surface area (Å²) in [6.45, 7) is 3.44. The van der Waals surface area contributed by atoms with E-state index in [4.69, 9.17) is 56.2 Å². The lowest BCUT2D eigenvalue weighted by atomic mass is 9.97. The minimum absolute atomic E-state index is 0.00917. The first-order chi connectivity index (χ1) is 27.5. The zero-order valence-corrected chi connectivity index (χ0v) is 31.5. The Morgan fingerprint density at radius 3 is 1.08 bits per heavy atom. The third-order valence-corrected chi connectivity index (χ3v) is 6.61. The summed E-state index contributed by atoms with van der Waals surface area (Å²) in [6, 6.07) is 13.9. The quantitative estimate of drug-likeness (QED) is 0.0669. The Balaban J connectivity index is 0. The smallest absolute Gasteiger partial charge is 0.346 e. The molecule has 0 aromatic heterocycles. The molecule has 3 aromatic carbocycles. The summed E-state index contributed by atoms with van der Waals surface area (Å²) in [5, 5.41) is 90.9. The minimum atomic E-state index is -1.15. The summed E-state index contributed by atoms with van der Waals surface area (Å²) in [5.74, 6) is -8.80. The number of ether oxygens (including phenoxy) is 1. The van der Waals surface area contributed by atoms with Crippen LogP contribution in [0.2, 0.25) is 0 Å². The van der Waals surface area contributed by atoms with Gasteiger partial charge in [-0.1, -0.05) is 19.9 Å². The number of carbonyl (C=O) groups excluding carboxylic acids is 2. The number of rotatable bonds is 13. The summed E-state index contributed by atoms with van der Waals surface area (Å²) in [6.07, 6.45) is 1.02. The van der Waals surface area contributed by atoms with Crippen molar-refractivity contribution in [2.75, 3.05) is 26.4 Å².